The Morgan fingerprint density at radius 2 is 2.00 bits per heavy atom. The van der Waals surface area contributed by atoms with Crippen LogP contribution in [-0.2, 0) is 6.54 Å². The van der Waals surface area contributed by atoms with E-state index in [4.69, 9.17) is 0 Å². The maximum Gasteiger partial charge on any atom is 0.141 e. The summed E-state index contributed by atoms with van der Waals surface area (Å²) in [6.07, 6.45) is 0.833. The van der Waals surface area contributed by atoms with Crippen molar-refractivity contribution >= 4 is 0 Å². The van der Waals surface area contributed by atoms with E-state index in [1.807, 2.05) is 18.0 Å². The van der Waals surface area contributed by atoms with Gasteiger partial charge in [-0.2, -0.15) is 0 Å². The Morgan fingerprint density at radius 1 is 1.19 bits per heavy atom. The molecule has 112 valence electrons. The molecular formula is C16H18F2N2O. The fourth-order valence-electron chi connectivity index (χ4n) is 2.10. The molecule has 1 unspecified atom stereocenters. The fraction of sp³-hybridized carbons (Fsp3) is 0.312. The summed E-state index contributed by atoms with van der Waals surface area (Å²) >= 11 is 0. The number of aliphatic hydroxyl groups is 1. The van der Waals surface area contributed by atoms with Crippen molar-refractivity contribution in [3.63, 3.8) is 0 Å². The van der Waals surface area contributed by atoms with E-state index >= 15 is 0 Å². The highest BCUT2D eigenvalue weighted by Gasteiger charge is 2.11. The number of halogens is 2. The van der Waals surface area contributed by atoms with E-state index in [-0.39, 0.29) is 5.82 Å². The zero-order valence-electron chi connectivity index (χ0n) is 11.8. The van der Waals surface area contributed by atoms with Gasteiger partial charge in [-0.3, -0.25) is 4.98 Å². The topological polar surface area (TPSA) is 36.4 Å². The Kier molecular flexibility index (Phi) is 5.36. The minimum absolute atomic E-state index is 0.253. The molecule has 0 aliphatic rings. The largest absolute Gasteiger partial charge is 0.387 e. The Bertz CT molecular complexity index is 575. The molecule has 5 heteroatoms. The highest BCUT2D eigenvalue weighted by atomic mass is 19.1. The van der Waals surface area contributed by atoms with Crippen molar-refractivity contribution in [2.24, 2.45) is 0 Å². The van der Waals surface area contributed by atoms with Gasteiger partial charge in [0, 0.05) is 13.1 Å². The van der Waals surface area contributed by atoms with Gasteiger partial charge in [0.15, 0.2) is 0 Å². The smallest absolute Gasteiger partial charge is 0.141 e. The molecule has 0 radical (unpaired) electrons. The third-order valence-corrected chi connectivity index (χ3v) is 3.22. The van der Waals surface area contributed by atoms with Crippen LogP contribution in [0.4, 0.5) is 8.78 Å². The molecule has 0 saturated carbocycles. The van der Waals surface area contributed by atoms with Crippen LogP contribution >= 0.6 is 0 Å². The van der Waals surface area contributed by atoms with Gasteiger partial charge in [0.2, 0.25) is 0 Å². The molecule has 0 amide bonds. The third kappa shape index (κ3) is 4.88. The average molecular weight is 292 g/mol. The van der Waals surface area contributed by atoms with Crippen LogP contribution in [0.5, 0.6) is 0 Å². The van der Waals surface area contributed by atoms with Gasteiger partial charge in [-0.1, -0.05) is 12.1 Å². The van der Waals surface area contributed by atoms with Crippen molar-refractivity contribution in [2.45, 2.75) is 19.1 Å². The SMILES string of the molecule is CN(CCC(O)c1ccc(F)cn1)Cc1cccc(F)c1. The molecule has 3 nitrogen and oxygen atoms in total. The lowest BCUT2D eigenvalue weighted by atomic mass is 10.1. The summed E-state index contributed by atoms with van der Waals surface area (Å²) in [5.41, 5.74) is 1.34. The van der Waals surface area contributed by atoms with Gasteiger partial charge < -0.3 is 10.0 Å². The zero-order chi connectivity index (χ0) is 15.2. The highest BCUT2D eigenvalue weighted by molar-refractivity contribution is 5.16. The molecule has 1 aromatic carbocycles. The first-order valence-electron chi connectivity index (χ1n) is 6.77. The molecule has 2 aromatic rings. The van der Waals surface area contributed by atoms with Crippen LogP contribution < -0.4 is 0 Å². The Labute approximate surface area is 122 Å². The molecule has 1 N–H and O–H groups in total. The van der Waals surface area contributed by atoms with E-state index in [2.05, 4.69) is 4.98 Å². The van der Waals surface area contributed by atoms with Gasteiger partial charge in [-0.25, -0.2) is 8.78 Å². The minimum atomic E-state index is -0.736. The monoisotopic (exact) mass is 292 g/mol. The zero-order valence-corrected chi connectivity index (χ0v) is 11.8. The molecule has 21 heavy (non-hydrogen) atoms. The quantitative estimate of drug-likeness (QED) is 0.889. The lowest BCUT2D eigenvalue weighted by Gasteiger charge is -2.18. The molecular weight excluding hydrogens is 274 g/mol. The number of pyridine rings is 1. The Balaban J connectivity index is 1.83. The van der Waals surface area contributed by atoms with Gasteiger partial charge in [-0.15, -0.1) is 0 Å². The van der Waals surface area contributed by atoms with Crippen molar-refractivity contribution in [3.05, 3.63) is 65.5 Å². The van der Waals surface area contributed by atoms with Crippen LogP contribution in [0, 0.1) is 11.6 Å². The van der Waals surface area contributed by atoms with E-state index < -0.39 is 11.9 Å². The van der Waals surface area contributed by atoms with Crippen molar-refractivity contribution in [3.8, 4) is 0 Å². The van der Waals surface area contributed by atoms with Gasteiger partial charge in [0.05, 0.1) is 18.0 Å². The van der Waals surface area contributed by atoms with Crippen molar-refractivity contribution in [1.82, 2.24) is 9.88 Å². The summed E-state index contributed by atoms with van der Waals surface area (Å²) in [4.78, 5) is 5.85. The lowest BCUT2D eigenvalue weighted by Crippen LogP contribution is -2.21. The number of aromatic nitrogens is 1. The summed E-state index contributed by atoms with van der Waals surface area (Å²) in [6.45, 7) is 1.22. The van der Waals surface area contributed by atoms with Crippen molar-refractivity contribution in [1.29, 1.82) is 0 Å². The van der Waals surface area contributed by atoms with Gasteiger partial charge >= 0.3 is 0 Å². The Morgan fingerprint density at radius 3 is 2.67 bits per heavy atom. The van der Waals surface area contributed by atoms with Crippen molar-refractivity contribution < 1.29 is 13.9 Å². The van der Waals surface area contributed by atoms with Crippen LogP contribution in [0.1, 0.15) is 23.8 Å². The second-order valence-corrected chi connectivity index (χ2v) is 5.07. The first-order valence-corrected chi connectivity index (χ1v) is 6.77. The van der Waals surface area contributed by atoms with E-state index in [9.17, 15) is 13.9 Å². The normalized spacial score (nSPS) is 12.6. The number of rotatable bonds is 6. The highest BCUT2D eigenvalue weighted by Crippen LogP contribution is 2.15. The maximum absolute atomic E-state index is 13.1. The van der Waals surface area contributed by atoms with Crippen molar-refractivity contribution in [2.75, 3.05) is 13.6 Å². The summed E-state index contributed by atoms with van der Waals surface area (Å²) in [7, 11) is 1.90. The predicted octanol–water partition coefficient (Wildman–Crippen LogP) is 2.92. The molecule has 2 rings (SSSR count). The second kappa shape index (κ2) is 7.24. The van der Waals surface area contributed by atoms with Crippen LogP contribution in [0.15, 0.2) is 42.6 Å². The summed E-state index contributed by atoms with van der Waals surface area (Å²) in [6, 6.07) is 9.20. The number of aliphatic hydroxyl groups excluding tert-OH is 1. The molecule has 0 saturated heterocycles. The van der Waals surface area contributed by atoms with Gasteiger partial charge in [0.1, 0.15) is 11.6 Å². The third-order valence-electron chi connectivity index (χ3n) is 3.22. The van der Waals surface area contributed by atoms with Crippen LogP contribution in [-0.4, -0.2) is 28.6 Å². The number of hydrogen-bond acceptors (Lipinski definition) is 3. The van der Waals surface area contributed by atoms with E-state index in [0.29, 0.717) is 25.2 Å². The second-order valence-electron chi connectivity index (χ2n) is 5.07. The number of benzene rings is 1. The van der Waals surface area contributed by atoms with Gasteiger partial charge in [-0.05, 0) is 43.3 Å². The summed E-state index contributed by atoms with van der Waals surface area (Å²) in [5, 5.41) is 10.00. The molecule has 0 bridgehead atoms. The molecule has 0 spiro atoms. The average Bonchev–Trinajstić information content (AvgIpc) is 2.45. The molecule has 1 atom stereocenters. The predicted molar refractivity (Wildman–Crippen MR) is 76.5 cm³/mol. The van der Waals surface area contributed by atoms with E-state index in [0.717, 1.165) is 11.8 Å². The van der Waals surface area contributed by atoms with Crippen LogP contribution in [0.25, 0.3) is 0 Å². The number of hydrogen-bond donors (Lipinski definition) is 1. The molecule has 0 fully saturated rings. The first kappa shape index (κ1) is 15.5. The Hall–Kier alpha value is -1.85. The fourth-order valence-corrected chi connectivity index (χ4v) is 2.10. The lowest BCUT2D eigenvalue weighted by molar-refractivity contribution is 0.143. The molecule has 1 aromatic heterocycles. The van der Waals surface area contributed by atoms with Crippen LogP contribution in [0.2, 0.25) is 0 Å². The van der Waals surface area contributed by atoms with E-state index in [1.54, 1.807) is 6.07 Å². The van der Waals surface area contributed by atoms with Gasteiger partial charge in [0.25, 0.3) is 0 Å². The molecule has 0 aliphatic carbocycles. The summed E-state index contributed by atoms with van der Waals surface area (Å²) in [5.74, 6) is -0.675. The molecule has 1 heterocycles. The van der Waals surface area contributed by atoms with E-state index in [1.165, 1.54) is 24.3 Å². The number of nitrogens with zero attached hydrogens (tertiary/aromatic N) is 2. The maximum atomic E-state index is 13.1. The summed E-state index contributed by atoms with van der Waals surface area (Å²) < 4.78 is 25.8. The molecule has 0 aliphatic heterocycles. The first-order chi connectivity index (χ1) is 10.0. The standard InChI is InChI=1S/C16H18F2N2O/c1-20(11-12-3-2-4-13(17)9-12)8-7-16(21)15-6-5-14(18)10-19-15/h2-6,9-10,16,21H,7-8,11H2,1H3. The minimum Gasteiger partial charge on any atom is -0.387 e. The van der Waals surface area contributed by atoms with Crippen LogP contribution in [0.3, 0.4) is 0 Å².